The monoisotopic (exact) mass is 343 g/mol. The summed E-state index contributed by atoms with van der Waals surface area (Å²) in [7, 11) is 0. The lowest BCUT2D eigenvalue weighted by Gasteiger charge is -2.12. The summed E-state index contributed by atoms with van der Waals surface area (Å²) in [5.74, 6) is -0.555. The Morgan fingerprint density at radius 2 is 2.08 bits per heavy atom. The molecule has 1 aromatic carbocycles. The van der Waals surface area contributed by atoms with Crippen LogP contribution in [0.1, 0.15) is 18.4 Å². The third-order valence-corrected chi connectivity index (χ3v) is 4.51. The number of aromatic nitrogens is 2. The number of rotatable bonds is 6. The van der Waals surface area contributed by atoms with Gasteiger partial charge in [0.15, 0.2) is 0 Å². The molecular formula is C17H17N3O3S. The van der Waals surface area contributed by atoms with Crippen LogP contribution in [0.25, 0.3) is 10.8 Å². The Hall–Kier alpha value is -2.67. The predicted molar refractivity (Wildman–Crippen MR) is 91.9 cm³/mol. The van der Waals surface area contributed by atoms with E-state index in [0.29, 0.717) is 12.4 Å². The first-order chi connectivity index (χ1) is 11.6. The number of benzene rings is 1. The van der Waals surface area contributed by atoms with Gasteiger partial charge in [-0.1, -0.05) is 36.4 Å². The van der Waals surface area contributed by atoms with Crippen molar-refractivity contribution in [3.05, 3.63) is 64.0 Å². The molecule has 0 radical (unpaired) electrons. The third kappa shape index (κ3) is 3.62. The van der Waals surface area contributed by atoms with Crippen molar-refractivity contribution in [2.45, 2.75) is 19.4 Å². The predicted octanol–water partition coefficient (Wildman–Crippen LogP) is 2.48. The van der Waals surface area contributed by atoms with Gasteiger partial charge in [0.05, 0.1) is 17.3 Å². The van der Waals surface area contributed by atoms with Crippen molar-refractivity contribution >= 4 is 17.2 Å². The van der Waals surface area contributed by atoms with Gasteiger partial charge in [0.1, 0.15) is 0 Å². The summed E-state index contributed by atoms with van der Waals surface area (Å²) in [5, 5.41) is 8.86. The maximum atomic E-state index is 12.2. The summed E-state index contributed by atoms with van der Waals surface area (Å²) in [6.07, 6.45) is 0. The topological polar surface area (TPSA) is 77.1 Å². The van der Waals surface area contributed by atoms with Gasteiger partial charge in [-0.15, -0.1) is 16.4 Å². The molecule has 0 bridgehead atoms. The lowest BCUT2D eigenvalue weighted by Crippen LogP contribution is -2.32. The van der Waals surface area contributed by atoms with Crippen LogP contribution in [-0.4, -0.2) is 22.2 Å². The highest BCUT2D eigenvalue weighted by Gasteiger charge is 2.15. The second-order valence-corrected chi connectivity index (χ2v) is 6.24. The molecule has 0 saturated carbocycles. The Kier molecular flexibility index (Phi) is 4.90. The molecule has 0 fully saturated rings. The van der Waals surface area contributed by atoms with E-state index in [4.69, 9.17) is 4.42 Å². The summed E-state index contributed by atoms with van der Waals surface area (Å²) in [6.45, 7) is 2.43. The first-order valence-corrected chi connectivity index (χ1v) is 8.47. The molecule has 0 unspecified atom stereocenters. The number of amides is 1. The number of carbonyl (C=O) groups is 1. The van der Waals surface area contributed by atoms with Gasteiger partial charge in [-0.2, -0.15) is 4.68 Å². The molecule has 0 aliphatic heterocycles. The van der Waals surface area contributed by atoms with Gasteiger partial charge in [-0.3, -0.25) is 4.79 Å². The molecule has 6 nitrogen and oxygen atoms in total. The Bertz CT molecular complexity index is 853. The minimum atomic E-state index is -0.524. The summed E-state index contributed by atoms with van der Waals surface area (Å²) in [6, 6.07) is 13.3. The van der Waals surface area contributed by atoms with E-state index in [1.54, 1.807) is 0 Å². The number of hydrogen-bond donors (Lipinski definition) is 1. The van der Waals surface area contributed by atoms with Crippen molar-refractivity contribution in [1.29, 1.82) is 0 Å². The smallest absolute Gasteiger partial charge is 0.387 e. The lowest BCUT2D eigenvalue weighted by molar-refractivity contribution is -0.122. The molecule has 0 saturated heterocycles. The fourth-order valence-electron chi connectivity index (χ4n) is 2.28. The zero-order chi connectivity index (χ0) is 16.9. The van der Waals surface area contributed by atoms with Gasteiger partial charge in [0.2, 0.25) is 5.91 Å². The highest BCUT2D eigenvalue weighted by molar-refractivity contribution is 7.13. The maximum absolute atomic E-state index is 12.2. The Morgan fingerprint density at radius 3 is 2.79 bits per heavy atom. The lowest BCUT2D eigenvalue weighted by atomic mass is 10.0. The minimum absolute atomic E-state index is 0.0868. The normalized spacial score (nSPS) is 12.0. The highest BCUT2D eigenvalue weighted by atomic mass is 32.1. The van der Waals surface area contributed by atoms with E-state index in [9.17, 15) is 9.59 Å². The number of carbonyl (C=O) groups excluding carboxylic acids is 1. The van der Waals surface area contributed by atoms with Gasteiger partial charge in [-0.05, 0) is 23.9 Å². The number of thiophene rings is 1. The van der Waals surface area contributed by atoms with E-state index in [-0.39, 0.29) is 18.4 Å². The Balaban J connectivity index is 1.57. The zero-order valence-electron chi connectivity index (χ0n) is 13.1. The second-order valence-electron chi connectivity index (χ2n) is 5.30. The third-order valence-electron chi connectivity index (χ3n) is 3.65. The van der Waals surface area contributed by atoms with Crippen LogP contribution in [0.15, 0.2) is 57.1 Å². The van der Waals surface area contributed by atoms with Gasteiger partial charge in [-0.25, -0.2) is 4.79 Å². The molecule has 1 amide bonds. The molecule has 1 atom stereocenters. The van der Waals surface area contributed by atoms with Gasteiger partial charge in [0.25, 0.3) is 5.89 Å². The van der Waals surface area contributed by atoms with Crippen molar-refractivity contribution in [1.82, 2.24) is 15.1 Å². The standard InChI is InChI=1S/C17H17N3O3S/c1-12(13-6-3-2-4-7-13)15(21)18-9-10-20-17(22)23-16(19-20)14-8-5-11-24-14/h2-8,11-12H,9-10H2,1H3,(H,18,21)/t12-/m1/s1. The van der Waals surface area contributed by atoms with Crippen molar-refractivity contribution in [2.24, 2.45) is 0 Å². The molecule has 3 rings (SSSR count). The molecule has 24 heavy (non-hydrogen) atoms. The quantitative estimate of drug-likeness (QED) is 0.746. The average molecular weight is 343 g/mol. The summed E-state index contributed by atoms with van der Waals surface area (Å²) in [4.78, 5) is 24.8. The van der Waals surface area contributed by atoms with Crippen LogP contribution in [0, 0.1) is 0 Å². The van der Waals surface area contributed by atoms with E-state index in [2.05, 4.69) is 10.4 Å². The van der Waals surface area contributed by atoms with E-state index in [0.717, 1.165) is 10.4 Å². The molecule has 1 N–H and O–H groups in total. The van der Waals surface area contributed by atoms with E-state index < -0.39 is 5.76 Å². The number of nitrogens with one attached hydrogen (secondary N) is 1. The fraction of sp³-hybridized carbons (Fsp3) is 0.235. The van der Waals surface area contributed by atoms with Crippen LogP contribution in [-0.2, 0) is 11.3 Å². The molecule has 0 spiro atoms. The molecule has 124 valence electrons. The van der Waals surface area contributed by atoms with Gasteiger partial charge >= 0.3 is 5.76 Å². The van der Waals surface area contributed by atoms with Gasteiger partial charge < -0.3 is 9.73 Å². The van der Waals surface area contributed by atoms with Crippen LogP contribution < -0.4 is 11.1 Å². The number of nitrogens with zero attached hydrogens (tertiary/aromatic N) is 2. The fourth-order valence-corrected chi connectivity index (χ4v) is 2.92. The van der Waals surface area contributed by atoms with E-state index in [1.165, 1.54) is 16.0 Å². The second kappa shape index (κ2) is 7.27. The summed E-state index contributed by atoms with van der Waals surface area (Å²) < 4.78 is 6.35. The minimum Gasteiger partial charge on any atom is -0.387 e. The van der Waals surface area contributed by atoms with Gasteiger partial charge in [0, 0.05) is 6.54 Å². The summed E-state index contributed by atoms with van der Waals surface area (Å²) in [5.41, 5.74) is 0.952. The van der Waals surface area contributed by atoms with E-state index >= 15 is 0 Å². The Labute approximate surface area is 142 Å². The molecule has 7 heteroatoms. The SMILES string of the molecule is C[C@@H](C(=O)NCCn1nc(-c2cccs2)oc1=O)c1ccccc1. The highest BCUT2D eigenvalue weighted by Crippen LogP contribution is 2.21. The Morgan fingerprint density at radius 1 is 1.29 bits per heavy atom. The van der Waals surface area contributed by atoms with Crippen molar-refractivity contribution in [3.63, 3.8) is 0 Å². The first-order valence-electron chi connectivity index (χ1n) is 7.59. The average Bonchev–Trinajstić information content (AvgIpc) is 3.25. The van der Waals surface area contributed by atoms with Crippen LogP contribution in [0.2, 0.25) is 0 Å². The van der Waals surface area contributed by atoms with Crippen LogP contribution in [0.5, 0.6) is 0 Å². The molecule has 0 aliphatic rings. The maximum Gasteiger partial charge on any atom is 0.437 e. The van der Waals surface area contributed by atoms with Crippen molar-refractivity contribution < 1.29 is 9.21 Å². The molecule has 2 aromatic heterocycles. The van der Waals surface area contributed by atoms with E-state index in [1.807, 2.05) is 54.8 Å². The van der Waals surface area contributed by atoms with Crippen LogP contribution in [0.3, 0.4) is 0 Å². The molecule has 2 heterocycles. The molecule has 0 aliphatic carbocycles. The number of hydrogen-bond acceptors (Lipinski definition) is 5. The zero-order valence-corrected chi connectivity index (χ0v) is 14.0. The first kappa shape index (κ1) is 16.2. The largest absolute Gasteiger partial charge is 0.437 e. The van der Waals surface area contributed by atoms with Crippen LogP contribution >= 0.6 is 11.3 Å². The van der Waals surface area contributed by atoms with Crippen molar-refractivity contribution in [2.75, 3.05) is 6.54 Å². The van der Waals surface area contributed by atoms with Crippen LogP contribution in [0.4, 0.5) is 0 Å². The molecule has 3 aromatic rings. The summed E-state index contributed by atoms with van der Waals surface area (Å²) >= 11 is 1.45. The molecular weight excluding hydrogens is 326 g/mol. The van der Waals surface area contributed by atoms with Crippen molar-refractivity contribution in [3.8, 4) is 10.8 Å².